The molecule has 1 amide bonds. The largest absolute Gasteiger partial charge is 0.481 e. The standard InChI is InChI=1S/C20H18N2O5S/c23-18(22-9-12-10-26-8-7-20(12,11-22)19(24)25)15-6-5-14(27-15)17-21-13-3-1-2-4-16(13)28-17/h1-6,12H,7-11H2,(H,24,25)/t12-,20+/m0/s1. The molecule has 2 aliphatic rings. The van der Waals surface area contributed by atoms with Gasteiger partial charge in [-0.15, -0.1) is 11.3 Å². The first-order chi connectivity index (χ1) is 13.6. The fourth-order valence-electron chi connectivity index (χ4n) is 4.16. The van der Waals surface area contributed by atoms with Crippen molar-refractivity contribution in [3.05, 3.63) is 42.2 Å². The maximum absolute atomic E-state index is 13.0. The number of carboxylic acid groups (broad SMARTS) is 1. The Labute approximate surface area is 164 Å². The van der Waals surface area contributed by atoms with Crippen molar-refractivity contribution < 1.29 is 23.8 Å². The van der Waals surface area contributed by atoms with Crippen molar-refractivity contribution in [3.63, 3.8) is 0 Å². The predicted octanol–water partition coefficient (Wildman–Crippen LogP) is 3.12. The van der Waals surface area contributed by atoms with Crippen LogP contribution in [0.3, 0.4) is 0 Å². The number of para-hydroxylation sites is 1. The van der Waals surface area contributed by atoms with Crippen molar-refractivity contribution in [1.82, 2.24) is 9.88 Å². The first-order valence-corrected chi connectivity index (χ1v) is 9.95. The van der Waals surface area contributed by atoms with Gasteiger partial charge in [0, 0.05) is 25.6 Å². The number of fused-ring (bicyclic) bond motifs is 2. The highest BCUT2D eigenvalue weighted by atomic mass is 32.1. The number of hydrogen-bond donors (Lipinski definition) is 1. The topological polar surface area (TPSA) is 92.9 Å². The van der Waals surface area contributed by atoms with Crippen LogP contribution in [0.2, 0.25) is 0 Å². The minimum atomic E-state index is -0.920. The lowest BCUT2D eigenvalue weighted by atomic mass is 9.74. The number of aliphatic carboxylic acids is 1. The summed E-state index contributed by atoms with van der Waals surface area (Å²) in [4.78, 5) is 31.0. The van der Waals surface area contributed by atoms with Crippen molar-refractivity contribution in [2.24, 2.45) is 11.3 Å². The number of aromatic nitrogens is 1. The van der Waals surface area contributed by atoms with Crippen LogP contribution >= 0.6 is 11.3 Å². The first-order valence-electron chi connectivity index (χ1n) is 9.13. The van der Waals surface area contributed by atoms with Crippen LogP contribution in [0.25, 0.3) is 21.0 Å². The van der Waals surface area contributed by atoms with E-state index in [1.54, 1.807) is 17.0 Å². The van der Waals surface area contributed by atoms with Crippen LogP contribution in [0, 0.1) is 11.3 Å². The highest BCUT2D eigenvalue weighted by Gasteiger charge is 2.55. The Kier molecular flexibility index (Phi) is 3.99. The van der Waals surface area contributed by atoms with E-state index in [0.29, 0.717) is 36.9 Å². The van der Waals surface area contributed by atoms with Crippen molar-refractivity contribution in [1.29, 1.82) is 0 Å². The van der Waals surface area contributed by atoms with E-state index in [1.165, 1.54) is 11.3 Å². The number of ether oxygens (including phenoxy) is 1. The number of carbonyl (C=O) groups is 2. The number of thiazole rings is 1. The molecule has 5 rings (SSSR count). The van der Waals surface area contributed by atoms with E-state index in [2.05, 4.69) is 4.98 Å². The quantitative estimate of drug-likeness (QED) is 0.729. The summed E-state index contributed by atoms with van der Waals surface area (Å²) in [5.74, 6) is -0.596. The van der Waals surface area contributed by atoms with Crippen molar-refractivity contribution in [3.8, 4) is 10.8 Å². The molecule has 2 fully saturated rings. The number of benzene rings is 1. The third-order valence-electron chi connectivity index (χ3n) is 5.74. The maximum Gasteiger partial charge on any atom is 0.311 e. The monoisotopic (exact) mass is 398 g/mol. The minimum absolute atomic E-state index is 0.187. The molecule has 4 heterocycles. The van der Waals surface area contributed by atoms with Gasteiger partial charge in [-0.1, -0.05) is 12.1 Å². The number of likely N-dealkylation sites (tertiary alicyclic amines) is 1. The van der Waals surface area contributed by atoms with Crippen molar-refractivity contribution in [2.45, 2.75) is 6.42 Å². The number of carbonyl (C=O) groups excluding carboxylic acids is 1. The predicted molar refractivity (Wildman–Crippen MR) is 102 cm³/mol. The van der Waals surface area contributed by atoms with Crippen molar-refractivity contribution in [2.75, 3.05) is 26.3 Å². The van der Waals surface area contributed by atoms with Gasteiger partial charge in [-0.05, 0) is 30.7 Å². The van der Waals surface area contributed by atoms with Gasteiger partial charge in [0.25, 0.3) is 5.91 Å². The Morgan fingerprint density at radius 3 is 2.89 bits per heavy atom. The fourth-order valence-corrected chi connectivity index (χ4v) is 5.08. The molecule has 144 valence electrons. The summed E-state index contributed by atoms with van der Waals surface area (Å²) in [6, 6.07) is 11.2. The average Bonchev–Trinajstić information content (AvgIpc) is 3.42. The number of hydrogen-bond acceptors (Lipinski definition) is 6. The van der Waals surface area contributed by atoms with Gasteiger partial charge in [-0.3, -0.25) is 9.59 Å². The Bertz CT molecular complexity index is 1040. The summed E-state index contributed by atoms with van der Waals surface area (Å²) < 4.78 is 12.3. The van der Waals surface area contributed by atoms with Crippen LogP contribution in [0.5, 0.6) is 0 Å². The number of furan rings is 1. The molecule has 0 spiro atoms. The second-order valence-corrected chi connectivity index (χ2v) is 8.35. The average molecular weight is 398 g/mol. The molecule has 0 unspecified atom stereocenters. The van der Waals surface area contributed by atoms with Gasteiger partial charge in [0.15, 0.2) is 16.5 Å². The van der Waals surface area contributed by atoms with E-state index >= 15 is 0 Å². The smallest absolute Gasteiger partial charge is 0.311 e. The molecule has 0 bridgehead atoms. The lowest BCUT2D eigenvalue weighted by molar-refractivity contribution is -0.157. The van der Waals surface area contributed by atoms with Crippen LogP contribution < -0.4 is 0 Å². The zero-order valence-electron chi connectivity index (χ0n) is 15.0. The maximum atomic E-state index is 13.0. The van der Waals surface area contributed by atoms with Gasteiger partial charge in [0.2, 0.25) is 0 Å². The second kappa shape index (κ2) is 6.42. The molecule has 2 saturated heterocycles. The van der Waals surface area contributed by atoms with Gasteiger partial charge >= 0.3 is 5.97 Å². The molecule has 1 N–H and O–H groups in total. The zero-order valence-corrected chi connectivity index (χ0v) is 15.8. The summed E-state index contributed by atoms with van der Waals surface area (Å²) in [7, 11) is 0. The molecule has 2 aromatic heterocycles. The molecule has 8 heteroatoms. The van der Waals surface area contributed by atoms with Crippen LogP contribution in [0.15, 0.2) is 40.8 Å². The van der Waals surface area contributed by atoms with Gasteiger partial charge in [0.1, 0.15) is 0 Å². The number of nitrogens with zero attached hydrogens (tertiary/aromatic N) is 2. The van der Waals surface area contributed by atoms with Crippen LogP contribution in [-0.2, 0) is 9.53 Å². The van der Waals surface area contributed by atoms with Crippen LogP contribution in [0.1, 0.15) is 17.0 Å². The van der Waals surface area contributed by atoms with E-state index in [9.17, 15) is 14.7 Å². The summed E-state index contributed by atoms with van der Waals surface area (Å²) >= 11 is 1.50. The normalized spacial score (nSPS) is 24.4. The summed E-state index contributed by atoms with van der Waals surface area (Å²) in [6.07, 6.45) is 0.423. The number of amides is 1. The lowest BCUT2D eigenvalue weighted by Crippen LogP contribution is -2.45. The molecular formula is C20H18N2O5S. The van der Waals surface area contributed by atoms with Crippen molar-refractivity contribution >= 4 is 33.4 Å². The van der Waals surface area contributed by atoms with E-state index in [0.717, 1.165) is 10.2 Å². The Balaban J connectivity index is 1.40. The SMILES string of the molecule is O=C(c1ccc(-c2nc3ccccc3s2)o1)N1C[C@H]2COCC[C@@]2(C(=O)O)C1. The molecule has 2 aliphatic heterocycles. The molecule has 7 nitrogen and oxygen atoms in total. The Morgan fingerprint density at radius 2 is 2.11 bits per heavy atom. The molecular weight excluding hydrogens is 380 g/mol. The molecule has 1 aromatic carbocycles. The fraction of sp³-hybridized carbons (Fsp3) is 0.350. The molecule has 3 aromatic rings. The third-order valence-corrected chi connectivity index (χ3v) is 6.79. The zero-order chi connectivity index (χ0) is 19.3. The highest BCUT2D eigenvalue weighted by Crippen LogP contribution is 2.43. The van der Waals surface area contributed by atoms with E-state index in [1.807, 2.05) is 24.3 Å². The van der Waals surface area contributed by atoms with Crippen LogP contribution in [-0.4, -0.2) is 53.2 Å². The lowest BCUT2D eigenvalue weighted by Gasteiger charge is -2.33. The van der Waals surface area contributed by atoms with Gasteiger partial charge < -0.3 is 19.2 Å². The molecule has 2 atom stereocenters. The highest BCUT2D eigenvalue weighted by molar-refractivity contribution is 7.21. The molecule has 0 radical (unpaired) electrons. The number of carboxylic acids is 1. The van der Waals surface area contributed by atoms with Crippen LogP contribution in [0.4, 0.5) is 0 Å². The van der Waals surface area contributed by atoms with E-state index in [4.69, 9.17) is 9.15 Å². The second-order valence-electron chi connectivity index (χ2n) is 7.32. The Hall–Kier alpha value is -2.71. The molecule has 0 aliphatic carbocycles. The minimum Gasteiger partial charge on any atom is -0.481 e. The summed E-state index contributed by atoms with van der Waals surface area (Å²) in [5, 5.41) is 10.5. The van der Waals surface area contributed by atoms with E-state index < -0.39 is 11.4 Å². The third kappa shape index (κ3) is 2.63. The van der Waals surface area contributed by atoms with Gasteiger partial charge in [-0.25, -0.2) is 4.98 Å². The van der Waals surface area contributed by atoms with Gasteiger partial charge in [0.05, 0.1) is 22.2 Å². The molecule has 0 saturated carbocycles. The summed E-state index contributed by atoms with van der Waals surface area (Å²) in [6.45, 7) is 1.33. The van der Waals surface area contributed by atoms with E-state index in [-0.39, 0.29) is 24.1 Å². The molecule has 28 heavy (non-hydrogen) atoms. The summed E-state index contributed by atoms with van der Waals surface area (Å²) in [5.41, 5.74) is -0.0325. The number of rotatable bonds is 3. The Morgan fingerprint density at radius 1 is 1.25 bits per heavy atom. The van der Waals surface area contributed by atoms with Gasteiger partial charge in [-0.2, -0.15) is 0 Å². The first kappa shape index (κ1) is 17.4.